The van der Waals surface area contributed by atoms with Crippen LogP contribution in [0.25, 0.3) is 5.69 Å². The van der Waals surface area contributed by atoms with Crippen molar-refractivity contribution in [3.8, 4) is 5.69 Å². The van der Waals surface area contributed by atoms with Crippen LogP contribution in [0.2, 0.25) is 0 Å². The second-order valence-corrected chi connectivity index (χ2v) is 4.54. The van der Waals surface area contributed by atoms with Crippen molar-refractivity contribution in [2.75, 3.05) is 0 Å². The molecule has 0 saturated heterocycles. The highest BCUT2D eigenvalue weighted by Gasteiger charge is 2.18. The normalized spacial score (nSPS) is 10.6. The minimum absolute atomic E-state index is 0.152. The minimum atomic E-state index is -0.952. The van der Waals surface area contributed by atoms with Crippen molar-refractivity contribution in [2.45, 2.75) is 13.3 Å². The van der Waals surface area contributed by atoms with Crippen LogP contribution >= 0.6 is 15.9 Å². The quantitative estimate of drug-likeness (QED) is 0.948. The number of carboxylic acid groups (broad SMARTS) is 1. The van der Waals surface area contributed by atoms with Crippen LogP contribution in [-0.4, -0.2) is 20.9 Å². The van der Waals surface area contributed by atoms with Gasteiger partial charge in [0.1, 0.15) is 16.1 Å². The monoisotopic (exact) mass is 312 g/mol. The fourth-order valence-electron chi connectivity index (χ4n) is 1.67. The number of hydrogen-bond donors (Lipinski definition) is 1. The highest BCUT2D eigenvalue weighted by molar-refractivity contribution is 9.10. The number of halogens is 2. The summed E-state index contributed by atoms with van der Waals surface area (Å²) < 4.78 is 15.5. The molecule has 94 valence electrons. The first kappa shape index (κ1) is 12.8. The fourth-order valence-corrected chi connectivity index (χ4v) is 2.36. The first-order chi connectivity index (χ1) is 8.50. The number of aryl methyl sites for hydroxylation is 1. The van der Waals surface area contributed by atoms with Gasteiger partial charge in [-0.15, -0.1) is 0 Å². The Morgan fingerprint density at radius 3 is 2.78 bits per heavy atom. The van der Waals surface area contributed by atoms with Gasteiger partial charge in [0.15, 0.2) is 0 Å². The molecular weight excluding hydrogens is 303 g/mol. The average molecular weight is 313 g/mol. The Labute approximate surface area is 111 Å². The summed E-state index contributed by atoms with van der Waals surface area (Å²) in [6, 6.07) is 6.19. The zero-order valence-electron chi connectivity index (χ0n) is 9.52. The van der Waals surface area contributed by atoms with Gasteiger partial charge in [-0.05, 0) is 35.0 Å². The van der Waals surface area contributed by atoms with E-state index in [9.17, 15) is 9.18 Å². The van der Waals surface area contributed by atoms with Crippen LogP contribution in [0.1, 0.15) is 11.3 Å². The molecule has 6 heteroatoms. The number of carbonyl (C=O) groups is 1. The van der Waals surface area contributed by atoms with Crippen molar-refractivity contribution >= 4 is 21.9 Å². The summed E-state index contributed by atoms with van der Waals surface area (Å²) in [6.45, 7) is 1.69. The summed E-state index contributed by atoms with van der Waals surface area (Å²) in [5.74, 6) is -1.37. The molecule has 1 aromatic carbocycles. The molecule has 0 unspecified atom stereocenters. The summed E-state index contributed by atoms with van der Waals surface area (Å²) in [6.07, 6.45) is -0.152. The molecule has 18 heavy (non-hydrogen) atoms. The third-order valence-corrected chi connectivity index (χ3v) is 3.34. The van der Waals surface area contributed by atoms with Gasteiger partial charge in [0.25, 0.3) is 0 Å². The summed E-state index contributed by atoms with van der Waals surface area (Å²) in [4.78, 5) is 10.8. The number of aromatic nitrogens is 2. The molecule has 0 amide bonds. The lowest BCUT2D eigenvalue weighted by Crippen LogP contribution is -2.02. The predicted molar refractivity (Wildman–Crippen MR) is 67.3 cm³/mol. The lowest BCUT2D eigenvalue weighted by molar-refractivity contribution is -0.136. The minimum Gasteiger partial charge on any atom is -0.481 e. The van der Waals surface area contributed by atoms with Crippen molar-refractivity contribution in [2.24, 2.45) is 0 Å². The van der Waals surface area contributed by atoms with E-state index in [2.05, 4.69) is 21.0 Å². The molecule has 0 bridgehead atoms. The first-order valence-electron chi connectivity index (χ1n) is 5.21. The van der Waals surface area contributed by atoms with Gasteiger partial charge in [-0.3, -0.25) is 4.79 Å². The zero-order valence-corrected chi connectivity index (χ0v) is 11.1. The van der Waals surface area contributed by atoms with Crippen molar-refractivity contribution in [1.82, 2.24) is 9.78 Å². The number of nitrogens with zero attached hydrogens (tertiary/aromatic N) is 2. The van der Waals surface area contributed by atoms with E-state index < -0.39 is 11.8 Å². The summed E-state index contributed by atoms with van der Waals surface area (Å²) in [5, 5.41) is 13.0. The van der Waals surface area contributed by atoms with Gasteiger partial charge in [-0.2, -0.15) is 5.10 Å². The van der Waals surface area contributed by atoms with Gasteiger partial charge in [0.05, 0.1) is 12.1 Å². The van der Waals surface area contributed by atoms with Crippen LogP contribution in [0.4, 0.5) is 4.39 Å². The standard InChI is InChI=1S/C12H10BrFN2O2/c1-7-8(6-11(17)18)12(13)16(15-7)10-5-3-2-4-9(10)14/h2-5H,6H2,1H3,(H,17,18). The van der Waals surface area contributed by atoms with Gasteiger partial charge in [0, 0.05) is 5.56 Å². The summed E-state index contributed by atoms with van der Waals surface area (Å²) in [7, 11) is 0. The van der Waals surface area contributed by atoms with Crippen LogP contribution < -0.4 is 0 Å². The Morgan fingerprint density at radius 1 is 1.50 bits per heavy atom. The molecule has 1 heterocycles. The third-order valence-electron chi connectivity index (χ3n) is 2.53. The maximum Gasteiger partial charge on any atom is 0.307 e. The number of para-hydroxylation sites is 1. The molecule has 0 saturated carbocycles. The maximum absolute atomic E-state index is 13.7. The second-order valence-electron chi connectivity index (χ2n) is 3.79. The van der Waals surface area contributed by atoms with E-state index in [1.807, 2.05) is 0 Å². The largest absolute Gasteiger partial charge is 0.481 e. The van der Waals surface area contributed by atoms with Gasteiger partial charge in [-0.25, -0.2) is 9.07 Å². The SMILES string of the molecule is Cc1nn(-c2ccccc2F)c(Br)c1CC(=O)O. The van der Waals surface area contributed by atoms with Crippen molar-refractivity contribution in [3.05, 3.63) is 45.9 Å². The van der Waals surface area contributed by atoms with Crippen molar-refractivity contribution in [3.63, 3.8) is 0 Å². The van der Waals surface area contributed by atoms with Crippen LogP contribution in [0.3, 0.4) is 0 Å². The van der Waals surface area contributed by atoms with Crippen molar-refractivity contribution < 1.29 is 14.3 Å². The fraction of sp³-hybridized carbons (Fsp3) is 0.167. The van der Waals surface area contributed by atoms with Gasteiger partial charge < -0.3 is 5.11 Å². The highest BCUT2D eigenvalue weighted by Crippen LogP contribution is 2.25. The first-order valence-corrected chi connectivity index (χ1v) is 6.00. The van der Waals surface area contributed by atoms with Gasteiger partial charge in [-0.1, -0.05) is 12.1 Å². The topological polar surface area (TPSA) is 55.1 Å². The van der Waals surface area contributed by atoms with Crippen LogP contribution in [0.15, 0.2) is 28.9 Å². The lowest BCUT2D eigenvalue weighted by Gasteiger charge is -2.04. The molecule has 0 atom stereocenters. The Kier molecular flexibility index (Phi) is 3.47. The number of carboxylic acids is 1. The van der Waals surface area contributed by atoms with E-state index >= 15 is 0 Å². The number of aliphatic carboxylic acids is 1. The Balaban J connectivity index is 2.54. The van der Waals surface area contributed by atoms with E-state index in [-0.39, 0.29) is 12.1 Å². The molecule has 0 fully saturated rings. The zero-order chi connectivity index (χ0) is 13.3. The van der Waals surface area contributed by atoms with E-state index in [0.717, 1.165) is 0 Å². The summed E-state index contributed by atoms with van der Waals surface area (Å²) in [5.41, 5.74) is 1.39. The molecule has 2 rings (SSSR count). The molecule has 2 aromatic rings. The Bertz CT molecular complexity index is 610. The molecule has 1 N–H and O–H groups in total. The second kappa shape index (κ2) is 4.89. The van der Waals surface area contributed by atoms with E-state index in [1.165, 1.54) is 10.7 Å². The molecular formula is C12H10BrFN2O2. The van der Waals surface area contributed by atoms with E-state index in [4.69, 9.17) is 5.11 Å². The number of hydrogen-bond acceptors (Lipinski definition) is 2. The summed E-state index contributed by atoms with van der Waals surface area (Å²) >= 11 is 3.27. The number of rotatable bonds is 3. The molecule has 0 aliphatic heterocycles. The van der Waals surface area contributed by atoms with E-state index in [1.54, 1.807) is 25.1 Å². The molecule has 1 aromatic heterocycles. The van der Waals surface area contributed by atoms with Crippen LogP contribution in [-0.2, 0) is 11.2 Å². The van der Waals surface area contributed by atoms with Crippen LogP contribution in [0, 0.1) is 12.7 Å². The molecule has 0 radical (unpaired) electrons. The van der Waals surface area contributed by atoms with E-state index in [0.29, 0.717) is 15.9 Å². The lowest BCUT2D eigenvalue weighted by atomic mass is 10.2. The maximum atomic E-state index is 13.7. The van der Waals surface area contributed by atoms with Gasteiger partial charge >= 0.3 is 5.97 Å². The molecule has 0 spiro atoms. The van der Waals surface area contributed by atoms with Crippen LogP contribution in [0.5, 0.6) is 0 Å². The van der Waals surface area contributed by atoms with Crippen molar-refractivity contribution in [1.29, 1.82) is 0 Å². The molecule has 0 aliphatic carbocycles. The Hall–Kier alpha value is -1.69. The molecule has 0 aliphatic rings. The van der Waals surface area contributed by atoms with Gasteiger partial charge in [0.2, 0.25) is 0 Å². The Morgan fingerprint density at radius 2 is 2.17 bits per heavy atom. The predicted octanol–water partition coefficient (Wildman–Crippen LogP) is 2.71. The smallest absolute Gasteiger partial charge is 0.307 e. The highest BCUT2D eigenvalue weighted by atomic mass is 79.9. The number of benzene rings is 1. The molecule has 4 nitrogen and oxygen atoms in total. The third kappa shape index (κ3) is 2.28. The average Bonchev–Trinajstić information content (AvgIpc) is 2.57.